The Bertz CT molecular complexity index is 461. The first-order valence-electron chi connectivity index (χ1n) is 4.90. The topological polar surface area (TPSA) is 50.7 Å². The summed E-state index contributed by atoms with van der Waals surface area (Å²) < 4.78 is 0. The van der Waals surface area contributed by atoms with Crippen molar-refractivity contribution in [2.24, 2.45) is 0 Å². The molecule has 2 rings (SSSR count). The van der Waals surface area contributed by atoms with E-state index in [-0.39, 0.29) is 6.04 Å². The van der Waals surface area contributed by atoms with Gasteiger partial charge in [0, 0.05) is 6.20 Å². The Morgan fingerprint density at radius 2 is 2.19 bits per heavy atom. The predicted molar refractivity (Wildman–Crippen MR) is 63.3 cm³/mol. The largest absolute Gasteiger partial charge is 0.361 e. The highest BCUT2D eigenvalue weighted by Gasteiger charge is 2.08. The Morgan fingerprint density at radius 1 is 1.31 bits per heavy atom. The molecule has 2 aromatic rings. The van der Waals surface area contributed by atoms with Crippen LogP contribution >= 0.6 is 11.6 Å². The molecule has 0 radical (unpaired) electrons. The number of rotatable bonds is 3. The van der Waals surface area contributed by atoms with Crippen LogP contribution in [0.1, 0.15) is 18.7 Å². The van der Waals surface area contributed by atoms with Crippen molar-refractivity contribution in [3.8, 4) is 0 Å². The minimum atomic E-state index is 0.0496. The van der Waals surface area contributed by atoms with Crippen LogP contribution in [0.3, 0.4) is 0 Å². The molecule has 0 bridgehead atoms. The third-order valence-electron chi connectivity index (χ3n) is 2.15. The molecule has 1 unspecified atom stereocenters. The first-order valence-corrected chi connectivity index (χ1v) is 5.28. The van der Waals surface area contributed by atoms with Crippen LogP contribution < -0.4 is 5.32 Å². The monoisotopic (exact) mass is 234 g/mol. The van der Waals surface area contributed by atoms with E-state index < -0.39 is 0 Å². The highest BCUT2D eigenvalue weighted by molar-refractivity contribution is 6.32. The van der Waals surface area contributed by atoms with E-state index in [9.17, 15) is 0 Å². The standard InChI is InChI=1S/C11H11ClN4/c1-8(10-4-2-3-5-14-10)16-11-9(12)6-13-7-15-11/h2-8H,1H3,(H,13,15,16). The molecule has 0 aliphatic rings. The lowest BCUT2D eigenvalue weighted by Gasteiger charge is -2.14. The minimum Gasteiger partial charge on any atom is -0.361 e. The summed E-state index contributed by atoms with van der Waals surface area (Å²) in [4.78, 5) is 12.1. The molecule has 4 nitrogen and oxygen atoms in total. The third-order valence-corrected chi connectivity index (χ3v) is 2.43. The van der Waals surface area contributed by atoms with Gasteiger partial charge >= 0.3 is 0 Å². The van der Waals surface area contributed by atoms with Gasteiger partial charge in [-0.25, -0.2) is 9.97 Å². The van der Waals surface area contributed by atoms with E-state index in [2.05, 4.69) is 20.3 Å². The van der Waals surface area contributed by atoms with Gasteiger partial charge in [0.15, 0.2) is 0 Å². The molecule has 16 heavy (non-hydrogen) atoms. The summed E-state index contributed by atoms with van der Waals surface area (Å²) in [7, 11) is 0. The van der Waals surface area contributed by atoms with Gasteiger partial charge in [0.2, 0.25) is 0 Å². The van der Waals surface area contributed by atoms with Gasteiger partial charge in [0.05, 0.1) is 17.9 Å². The van der Waals surface area contributed by atoms with E-state index in [1.807, 2.05) is 25.1 Å². The highest BCUT2D eigenvalue weighted by Crippen LogP contribution is 2.21. The summed E-state index contributed by atoms with van der Waals surface area (Å²) in [5.74, 6) is 0.620. The molecular weight excluding hydrogens is 224 g/mol. The fraction of sp³-hybridized carbons (Fsp3) is 0.182. The zero-order valence-corrected chi connectivity index (χ0v) is 9.52. The molecule has 0 amide bonds. The summed E-state index contributed by atoms with van der Waals surface area (Å²) in [6, 6.07) is 5.83. The molecule has 0 aromatic carbocycles. The van der Waals surface area contributed by atoms with E-state index in [0.29, 0.717) is 10.8 Å². The molecule has 2 heterocycles. The van der Waals surface area contributed by atoms with Gasteiger partial charge in [0.1, 0.15) is 17.2 Å². The average molecular weight is 235 g/mol. The molecule has 1 N–H and O–H groups in total. The Balaban J connectivity index is 2.14. The number of hydrogen-bond donors (Lipinski definition) is 1. The molecule has 0 aliphatic carbocycles. The van der Waals surface area contributed by atoms with Gasteiger partial charge < -0.3 is 5.32 Å². The van der Waals surface area contributed by atoms with Gasteiger partial charge in [-0.05, 0) is 19.1 Å². The molecule has 5 heteroatoms. The summed E-state index contributed by atoms with van der Waals surface area (Å²) >= 11 is 5.95. The number of nitrogens with zero attached hydrogens (tertiary/aromatic N) is 3. The SMILES string of the molecule is CC(Nc1ncncc1Cl)c1ccccn1. The third kappa shape index (κ3) is 2.46. The lowest BCUT2D eigenvalue weighted by atomic mass is 10.2. The Morgan fingerprint density at radius 3 is 2.88 bits per heavy atom. The van der Waals surface area contributed by atoms with E-state index in [1.165, 1.54) is 6.33 Å². The van der Waals surface area contributed by atoms with Crippen LogP contribution in [0.4, 0.5) is 5.82 Å². The van der Waals surface area contributed by atoms with E-state index in [1.54, 1.807) is 12.4 Å². The lowest BCUT2D eigenvalue weighted by Crippen LogP contribution is -2.09. The number of anilines is 1. The van der Waals surface area contributed by atoms with Crippen molar-refractivity contribution in [3.63, 3.8) is 0 Å². The summed E-state index contributed by atoms with van der Waals surface area (Å²) in [6.07, 6.45) is 4.77. The second kappa shape index (κ2) is 4.90. The fourth-order valence-electron chi connectivity index (χ4n) is 1.33. The molecule has 0 saturated carbocycles. The maximum atomic E-state index is 5.95. The molecule has 0 saturated heterocycles. The minimum absolute atomic E-state index is 0.0496. The van der Waals surface area contributed by atoms with Crippen LogP contribution in [-0.4, -0.2) is 15.0 Å². The van der Waals surface area contributed by atoms with Crippen molar-refractivity contribution in [1.29, 1.82) is 0 Å². The Kier molecular flexibility index (Phi) is 3.31. The van der Waals surface area contributed by atoms with Crippen molar-refractivity contribution in [3.05, 3.63) is 47.6 Å². The number of nitrogens with one attached hydrogen (secondary N) is 1. The summed E-state index contributed by atoms with van der Waals surface area (Å²) in [6.45, 7) is 2.00. The zero-order chi connectivity index (χ0) is 11.4. The average Bonchev–Trinajstić information content (AvgIpc) is 2.33. The Hall–Kier alpha value is -1.68. The molecule has 1 atom stereocenters. The Labute approximate surface area is 98.7 Å². The van der Waals surface area contributed by atoms with Gasteiger partial charge in [0.25, 0.3) is 0 Å². The summed E-state index contributed by atoms with van der Waals surface area (Å²) in [5.41, 5.74) is 0.942. The van der Waals surface area contributed by atoms with Gasteiger partial charge in [-0.15, -0.1) is 0 Å². The molecule has 0 fully saturated rings. The van der Waals surface area contributed by atoms with Crippen molar-refractivity contribution < 1.29 is 0 Å². The second-order valence-corrected chi connectivity index (χ2v) is 3.75. The van der Waals surface area contributed by atoms with Crippen LogP contribution in [0.25, 0.3) is 0 Å². The zero-order valence-electron chi connectivity index (χ0n) is 8.76. The van der Waals surface area contributed by atoms with E-state index in [0.717, 1.165) is 5.69 Å². The number of halogens is 1. The van der Waals surface area contributed by atoms with Crippen LogP contribution in [0.5, 0.6) is 0 Å². The number of hydrogen-bond acceptors (Lipinski definition) is 4. The predicted octanol–water partition coefficient (Wildman–Crippen LogP) is 2.70. The maximum absolute atomic E-state index is 5.95. The van der Waals surface area contributed by atoms with E-state index >= 15 is 0 Å². The molecule has 2 aromatic heterocycles. The quantitative estimate of drug-likeness (QED) is 0.887. The van der Waals surface area contributed by atoms with Gasteiger partial charge in [-0.2, -0.15) is 0 Å². The van der Waals surface area contributed by atoms with Crippen LogP contribution in [-0.2, 0) is 0 Å². The molecule has 0 spiro atoms. The second-order valence-electron chi connectivity index (χ2n) is 3.34. The normalized spacial score (nSPS) is 12.1. The first kappa shape index (κ1) is 10.8. The highest BCUT2D eigenvalue weighted by atomic mass is 35.5. The van der Waals surface area contributed by atoms with Gasteiger partial charge in [-0.1, -0.05) is 17.7 Å². The molecule has 82 valence electrons. The van der Waals surface area contributed by atoms with Gasteiger partial charge in [-0.3, -0.25) is 4.98 Å². The van der Waals surface area contributed by atoms with Crippen LogP contribution in [0.15, 0.2) is 36.9 Å². The fourth-order valence-corrected chi connectivity index (χ4v) is 1.49. The van der Waals surface area contributed by atoms with Crippen LogP contribution in [0.2, 0.25) is 5.02 Å². The molecular formula is C11H11ClN4. The lowest BCUT2D eigenvalue weighted by molar-refractivity contribution is 0.830. The van der Waals surface area contributed by atoms with Crippen molar-refractivity contribution >= 4 is 17.4 Å². The van der Waals surface area contributed by atoms with Crippen molar-refractivity contribution in [2.75, 3.05) is 5.32 Å². The van der Waals surface area contributed by atoms with Crippen LogP contribution in [0, 0.1) is 0 Å². The van der Waals surface area contributed by atoms with E-state index in [4.69, 9.17) is 11.6 Å². The maximum Gasteiger partial charge on any atom is 0.148 e. The number of aromatic nitrogens is 3. The smallest absolute Gasteiger partial charge is 0.148 e. The summed E-state index contributed by atoms with van der Waals surface area (Å²) in [5, 5.41) is 3.69. The number of pyridine rings is 1. The first-order chi connectivity index (χ1) is 7.77. The van der Waals surface area contributed by atoms with Crippen molar-refractivity contribution in [2.45, 2.75) is 13.0 Å². The van der Waals surface area contributed by atoms with Crippen molar-refractivity contribution in [1.82, 2.24) is 15.0 Å². The molecule has 0 aliphatic heterocycles.